The summed E-state index contributed by atoms with van der Waals surface area (Å²) in [5, 5.41) is 5.83. The van der Waals surface area contributed by atoms with E-state index in [9.17, 15) is 14.4 Å². The minimum atomic E-state index is -0.770. The maximum Gasteiger partial charge on any atom is 0.323 e. The third kappa shape index (κ3) is 4.56. The van der Waals surface area contributed by atoms with Gasteiger partial charge in [-0.2, -0.15) is 0 Å². The van der Waals surface area contributed by atoms with Gasteiger partial charge in [0.1, 0.15) is 6.04 Å². The van der Waals surface area contributed by atoms with Crippen LogP contribution in [0.15, 0.2) is 102 Å². The summed E-state index contributed by atoms with van der Waals surface area (Å²) >= 11 is 0. The number of amides is 3. The molecule has 2 heterocycles. The second-order valence-electron chi connectivity index (χ2n) is 8.47. The molecule has 0 unspecified atom stereocenters. The van der Waals surface area contributed by atoms with Crippen LogP contribution in [-0.2, 0) is 11.3 Å². The number of carbonyl (C=O) groups excluding carboxylic acids is 2. The predicted octanol–water partition coefficient (Wildman–Crippen LogP) is 4.87. The lowest BCUT2D eigenvalue weighted by Crippen LogP contribution is -2.39. The Balaban J connectivity index is 1.37. The number of aryl methyl sites for hydroxylation is 1. The van der Waals surface area contributed by atoms with Crippen molar-refractivity contribution in [3.63, 3.8) is 0 Å². The quantitative estimate of drug-likeness (QED) is 0.452. The van der Waals surface area contributed by atoms with Crippen molar-refractivity contribution >= 4 is 23.3 Å². The first-order chi connectivity index (χ1) is 17.0. The number of urea groups is 1. The highest BCUT2D eigenvalue weighted by atomic mass is 16.2. The fraction of sp³-hybridized carbons (Fsp3) is 0.107. The standard InChI is InChI=1S/C28H24N4O3/c1-19-9-11-22(12-10-19)30-28(35)32-18-20-6-2-3-7-24(20)26(32)27(34)29-21-13-15-23(16-14-21)31-17-5-4-8-25(31)33/h2-17,26H,18H2,1H3,(H,29,34)(H,30,35)/t26-/m0/s1. The van der Waals surface area contributed by atoms with Gasteiger partial charge in [0.15, 0.2) is 0 Å². The van der Waals surface area contributed by atoms with Gasteiger partial charge in [-0.3, -0.25) is 14.2 Å². The van der Waals surface area contributed by atoms with Crippen molar-refractivity contribution in [3.05, 3.63) is 124 Å². The number of nitrogens with one attached hydrogen (secondary N) is 2. The van der Waals surface area contributed by atoms with E-state index >= 15 is 0 Å². The normalized spacial score (nSPS) is 14.3. The molecule has 5 rings (SSSR count). The summed E-state index contributed by atoms with van der Waals surface area (Å²) in [6.45, 7) is 2.32. The molecule has 0 saturated carbocycles. The number of anilines is 2. The molecule has 35 heavy (non-hydrogen) atoms. The number of nitrogens with zero attached hydrogens (tertiary/aromatic N) is 2. The van der Waals surface area contributed by atoms with E-state index in [1.807, 2.05) is 55.5 Å². The van der Waals surface area contributed by atoms with Crippen molar-refractivity contribution in [1.82, 2.24) is 9.47 Å². The zero-order valence-corrected chi connectivity index (χ0v) is 19.1. The Labute approximate surface area is 202 Å². The summed E-state index contributed by atoms with van der Waals surface area (Å²) in [6, 6.07) is 26.0. The summed E-state index contributed by atoms with van der Waals surface area (Å²) in [4.78, 5) is 40.2. The van der Waals surface area contributed by atoms with E-state index in [1.165, 1.54) is 15.5 Å². The second kappa shape index (κ2) is 9.30. The molecule has 2 N–H and O–H groups in total. The van der Waals surface area contributed by atoms with Crippen molar-refractivity contribution in [2.24, 2.45) is 0 Å². The Kier molecular flexibility index (Phi) is 5.89. The van der Waals surface area contributed by atoms with Gasteiger partial charge < -0.3 is 15.5 Å². The maximum atomic E-state index is 13.4. The first-order valence-corrected chi connectivity index (χ1v) is 11.3. The van der Waals surface area contributed by atoms with Gasteiger partial charge in [0.2, 0.25) is 0 Å². The highest BCUT2D eigenvalue weighted by Gasteiger charge is 2.38. The summed E-state index contributed by atoms with van der Waals surface area (Å²) < 4.78 is 1.52. The van der Waals surface area contributed by atoms with E-state index in [-0.39, 0.29) is 17.5 Å². The van der Waals surface area contributed by atoms with E-state index in [0.29, 0.717) is 23.6 Å². The first kappa shape index (κ1) is 22.2. The van der Waals surface area contributed by atoms with Gasteiger partial charge in [-0.05, 0) is 60.5 Å². The van der Waals surface area contributed by atoms with Gasteiger partial charge in [-0.25, -0.2) is 4.79 Å². The molecule has 0 fully saturated rings. The predicted molar refractivity (Wildman–Crippen MR) is 136 cm³/mol. The average Bonchev–Trinajstić information content (AvgIpc) is 3.26. The number of benzene rings is 3. The molecule has 1 aromatic heterocycles. The molecule has 0 bridgehead atoms. The number of pyridine rings is 1. The first-order valence-electron chi connectivity index (χ1n) is 11.3. The van der Waals surface area contributed by atoms with Gasteiger partial charge in [0, 0.05) is 35.9 Å². The molecular formula is C28H24N4O3. The van der Waals surface area contributed by atoms with Gasteiger partial charge in [0.05, 0.1) is 0 Å². The molecule has 1 aliphatic rings. The van der Waals surface area contributed by atoms with Crippen LogP contribution in [0, 0.1) is 6.92 Å². The Morgan fingerprint density at radius 3 is 2.20 bits per heavy atom. The minimum Gasteiger partial charge on any atom is -0.324 e. The lowest BCUT2D eigenvalue weighted by Gasteiger charge is -2.25. The molecule has 174 valence electrons. The molecule has 0 spiro atoms. The Bertz CT molecular complexity index is 1440. The molecular weight excluding hydrogens is 440 g/mol. The van der Waals surface area contributed by atoms with Gasteiger partial charge in [0.25, 0.3) is 11.5 Å². The molecule has 3 amide bonds. The largest absolute Gasteiger partial charge is 0.324 e. The number of carbonyl (C=O) groups is 2. The van der Waals surface area contributed by atoms with Crippen molar-refractivity contribution < 1.29 is 9.59 Å². The van der Waals surface area contributed by atoms with Crippen molar-refractivity contribution in [3.8, 4) is 5.69 Å². The zero-order valence-electron chi connectivity index (χ0n) is 19.1. The van der Waals surface area contributed by atoms with Crippen LogP contribution in [0.1, 0.15) is 22.7 Å². The molecule has 1 aliphatic heterocycles. The highest BCUT2D eigenvalue weighted by molar-refractivity contribution is 6.00. The van der Waals surface area contributed by atoms with E-state index in [4.69, 9.17) is 0 Å². The van der Waals surface area contributed by atoms with Gasteiger partial charge in [-0.15, -0.1) is 0 Å². The molecule has 1 atom stereocenters. The third-order valence-corrected chi connectivity index (χ3v) is 6.05. The Morgan fingerprint density at radius 2 is 1.46 bits per heavy atom. The number of hydrogen-bond donors (Lipinski definition) is 2. The third-order valence-electron chi connectivity index (χ3n) is 6.05. The zero-order chi connectivity index (χ0) is 24.4. The van der Waals surface area contributed by atoms with E-state index < -0.39 is 6.04 Å². The monoisotopic (exact) mass is 464 g/mol. The average molecular weight is 465 g/mol. The molecule has 7 heteroatoms. The summed E-state index contributed by atoms with van der Waals surface area (Å²) in [6.07, 6.45) is 1.69. The van der Waals surface area contributed by atoms with Gasteiger partial charge >= 0.3 is 6.03 Å². The number of rotatable bonds is 4. The minimum absolute atomic E-state index is 0.137. The smallest absolute Gasteiger partial charge is 0.323 e. The fourth-order valence-corrected chi connectivity index (χ4v) is 4.25. The van der Waals surface area contributed by atoms with Crippen LogP contribution in [0.4, 0.5) is 16.2 Å². The molecule has 0 radical (unpaired) electrons. The Morgan fingerprint density at radius 1 is 0.800 bits per heavy atom. The lowest BCUT2D eigenvalue weighted by atomic mass is 10.0. The molecule has 3 aromatic carbocycles. The number of hydrogen-bond acceptors (Lipinski definition) is 3. The lowest BCUT2D eigenvalue weighted by molar-refractivity contribution is -0.120. The van der Waals surface area contributed by atoms with E-state index in [1.54, 1.807) is 42.6 Å². The van der Waals surface area contributed by atoms with Crippen LogP contribution in [0.25, 0.3) is 5.69 Å². The van der Waals surface area contributed by atoms with Crippen LogP contribution in [0.3, 0.4) is 0 Å². The summed E-state index contributed by atoms with van der Waals surface area (Å²) in [5.74, 6) is -0.307. The van der Waals surface area contributed by atoms with Crippen molar-refractivity contribution in [1.29, 1.82) is 0 Å². The topological polar surface area (TPSA) is 83.4 Å². The van der Waals surface area contributed by atoms with Crippen LogP contribution >= 0.6 is 0 Å². The number of aromatic nitrogens is 1. The van der Waals surface area contributed by atoms with Crippen molar-refractivity contribution in [2.45, 2.75) is 19.5 Å². The second-order valence-corrected chi connectivity index (χ2v) is 8.47. The maximum absolute atomic E-state index is 13.4. The van der Waals surface area contributed by atoms with E-state index in [2.05, 4.69) is 10.6 Å². The highest BCUT2D eigenvalue weighted by Crippen LogP contribution is 2.35. The molecule has 0 saturated heterocycles. The van der Waals surface area contributed by atoms with Gasteiger partial charge in [-0.1, -0.05) is 48.0 Å². The van der Waals surface area contributed by atoms with Crippen LogP contribution in [-0.4, -0.2) is 21.4 Å². The van der Waals surface area contributed by atoms with Crippen LogP contribution in [0.5, 0.6) is 0 Å². The molecule has 7 nitrogen and oxygen atoms in total. The molecule has 4 aromatic rings. The summed E-state index contributed by atoms with van der Waals surface area (Å²) in [7, 11) is 0. The van der Waals surface area contributed by atoms with Crippen molar-refractivity contribution in [2.75, 3.05) is 10.6 Å². The van der Waals surface area contributed by atoms with E-state index in [0.717, 1.165) is 16.7 Å². The van der Waals surface area contributed by atoms with Crippen LogP contribution in [0.2, 0.25) is 0 Å². The number of fused-ring (bicyclic) bond motifs is 1. The van der Waals surface area contributed by atoms with Crippen LogP contribution < -0.4 is 16.2 Å². The SMILES string of the molecule is Cc1ccc(NC(=O)N2Cc3ccccc3[C@H]2C(=O)Nc2ccc(-n3ccccc3=O)cc2)cc1. The summed E-state index contributed by atoms with van der Waals surface area (Å²) in [5.41, 5.74) is 4.63. The Hall–Kier alpha value is -4.65. The molecule has 0 aliphatic carbocycles. The fourth-order valence-electron chi connectivity index (χ4n) is 4.25.